The molecule has 0 amide bonds. The molecule has 0 fully saturated rings. The van der Waals surface area contributed by atoms with Gasteiger partial charge in [0.05, 0.1) is 25.2 Å². The van der Waals surface area contributed by atoms with E-state index in [1.807, 2.05) is 6.07 Å². The Kier molecular flexibility index (Phi) is 3.86. The van der Waals surface area contributed by atoms with Crippen LogP contribution in [0.2, 0.25) is 0 Å². The summed E-state index contributed by atoms with van der Waals surface area (Å²) < 4.78 is 18.1. The number of aliphatic hydroxyl groups excluding tert-OH is 1. The van der Waals surface area contributed by atoms with E-state index in [0.29, 0.717) is 11.3 Å². The van der Waals surface area contributed by atoms with Gasteiger partial charge < -0.3 is 9.84 Å². The average molecular weight is 223 g/mol. The lowest BCUT2D eigenvalue weighted by Gasteiger charge is -2.19. The van der Waals surface area contributed by atoms with Crippen molar-refractivity contribution in [3.63, 3.8) is 0 Å². The summed E-state index contributed by atoms with van der Waals surface area (Å²) >= 11 is 0. The van der Waals surface area contributed by atoms with Gasteiger partial charge in [0.2, 0.25) is 0 Å². The summed E-state index contributed by atoms with van der Waals surface area (Å²) in [4.78, 5) is 0. The van der Waals surface area contributed by atoms with Crippen LogP contribution >= 0.6 is 0 Å². The number of benzene rings is 1. The lowest BCUT2D eigenvalue weighted by atomic mass is 9.86. The number of aliphatic hydroxyl groups is 1. The van der Waals surface area contributed by atoms with Gasteiger partial charge in [0.25, 0.3) is 0 Å². The molecule has 0 bridgehead atoms. The van der Waals surface area contributed by atoms with Crippen LogP contribution in [0.15, 0.2) is 18.2 Å². The van der Waals surface area contributed by atoms with Crippen LogP contribution in [0, 0.1) is 22.6 Å². The van der Waals surface area contributed by atoms with Crippen molar-refractivity contribution >= 4 is 0 Å². The lowest BCUT2D eigenvalue weighted by molar-refractivity contribution is 0.189. The minimum absolute atomic E-state index is 0.251. The van der Waals surface area contributed by atoms with E-state index in [0.717, 1.165) is 0 Å². The van der Waals surface area contributed by atoms with Gasteiger partial charge in [-0.25, -0.2) is 4.39 Å². The summed E-state index contributed by atoms with van der Waals surface area (Å²) in [6.07, 6.45) is 0.251. The first kappa shape index (κ1) is 12.5. The van der Waals surface area contributed by atoms with Crippen LogP contribution < -0.4 is 4.74 Å². The Balaban J connectivity index is 3.04. The van der Waals surface area contributed by atoms with Gasteiger partial charge in [-0.3, -0.25) is 0 Å². The molecule has 16 heavy (non-hydrogen) atoms. The predicted octanol–water partition coefficient (Wildman–Crippen LogP) is 1.90. The Morgan fingerprint density at radius 3 is 2.75 bits per heavy atom. The van der Waals surface area contributed by atoms with Crippen molar-refractivity contribution < 1.29 is 14.2 Å². The van der Waals surface area contributed by atoms with E-state index in [4.69, 9.17) is 15.1 Å². The van der Waals surface area contributed by atoms with Crippen LogP contribution in [0.25, 0.3) is 0 Å². The van der Waals surface area contributed by atoms with Crippen molar-refractivity contribution in [2.45, 2.75) is 13.3 Å². The lowest BCUT2D eigenvalue weighted by Crippen LogP contribution is -2.22. The molecule has 0 aliphatic carbocycles. The molecule has 1 unspecified atom stereocenters. The fraction of sp³-hybridized carbons (Fsp3) is 0.417. The SMILES string of the molecule is COc1ccc(F)cc1CC(C)(C#N)CO. The van der Waals surface area contributed by atoms with Gasteiger partial charge in [0, 0.05) is 0 Å². The Hall–Kier alpha value is -1.60. The van der Waals surface area contributed by atoms with Crippen molar-refractivity contribution in [3.8, 4) is 11.8 Å². The number of halogens is 1. The Bertz CT molecular complexity index is 414. The van der Waals surface area contributed by atoms with Gasteiger partial charge in [-0.05, 0) is 37.1 Å². The molecule has 0 saturated carbocycles. The predicted molar refractivity (Wildman–Crippen MR) is 57.5 cm³/mol. The van der Waals surface area contributed by atoms with Gasteiger partial charge in [-0.2, -0.15) is 5.26 Å². The summed E-state index contributed by atoms with van der Waals surface area (Å²) in [7, 11) is 1.49. The van der Waals surface area contributed by atoms with E-state index in [-0.39, 0.29) is 18.8 Å². The van der Waals surface area contributed by atoms with E-state index >= 15 is 0 Å². The topological polar surface area (TPSA) is 53.2 Å². The third-order valence-electron chi connectivity index (χ3n) is 2.44. The van der Waals surface area contributed by atoms with Crippen LogP contribution in [0.4, 0.5) is 4.39 Å². The number of hydrogen-bond donors (Lipinski definition) is 1. The van der Waals surface area contributed by atoms with Crippen molar-refractivity contribution in [2.24, 2.45) is 5.41 Å². The highest BCUT2D eigenvalue weighted by molar-refractivity contribution is 5.35. The number of hydrogen-bond acceptors (Lipinski definition) is 3. The molecule has 0 aromatic heterocycles. The van der Waals surface area contributed by atoms with Gasteiger partial charge in [-0.15, -0.1) is 0 Å². The first-order chi connectivity index (χ1) is 7.54. The molecule has 1 rings (SSSR count). The molecule has 1 atom stereocenters. The zero-order valence-electron chi connectivity index (χ0n) is 9.33. The van der Waals surface area contributed by atoms with Crippen molar-refractivity contribution in [1.29, 1.82) is 5.26 Å². The molecule has 4 heteroatoms. The van der Waals surface area contributed by atoms with Crippen LogP contribution in [-0.2, 0) is 6.42 Å². The second kappa shape index (κ2) is 4.95. The molecule has 86 valence electrons. The smallest absolute Gasteiger partial charge is 0.123 e. The second-order valence-corrected chi connectivity index (χ2v) is 3.96. The summed E-state index contributed by atoms with van der Waals surface area (Å²) in [5.41, 5.74) is -0.332. The molecular formula is C12H14FNO2. The van der Waals surface area contributed by atoms with Gasteiger partial charge in [-0.1, -0.05) is 0 Å². The second-order valence-electron chi connectivity index (χ2n) is 3.96. The molecule has 0 aliphatic rings. The zero-order valence-corrected chi connectivity index (χ0v) is 9.33. The van der Waals surface area contributed by atoms with E-state index in [2.05, 4.69) is 0 Å². The molecule has 0 heterocycles. The highest BCUT2D eigenvalue weighted by Gasteiger charge is 2.25. The minimum Gasteiger partial charge on any atom is -0.496 e. The number of methoxy groups -OCH3 is 1. The van der Waals surface area contributed by atoms with Crippen LogP contribution in [0.3, 0.4) is 0 Å². The van der Waals surface area contributed by atoms with Crippen molar-refractivity contribution in [1.82, 2.24) is 0 Å². The monoisotopic (exact) mass is 223 g/mol. The largest absolute Gasteiger partial charge is 0.496 e. The van der Waals surface area contributed by atoms with E-state index in [1.54, 1.807) is 6.92 Å². The molecule has 3 nitrogen and oxygen atoms in total. The van der Waals surface area contributed by atoms with E-state index < -0.39 is 5.41 Å². The average Bonchev–Trinajstić information content (AvgIpc) is 2.29. The number of nitriles is 1. The molecule has 0 saturated heterocycles. The summed E-state index contributed by atoms with van der Waals surface area (Å²) in [6, 6.07) is 6.15. The highest BCUT2D eigenvalue weighted by Crippen LogP contribution is 2.27. The zero-order chi connectivity index (χ0) is 12.2. The summed E-state index contributed by atoms with van der Waals surface area (Å²) in [5, 5.41) is 18.1. The van der Waals surface area contributed by atoms with E-state index in [9.17, 15) is 4.39 Å². The maximum atomic E-state index is 13.1. The number of nitrogens with zero attached hydrogens (tertiary/aromatic N) is 1. The number of rotatable bonds is 4. The Labute approximate surface area is 94.1 Å². The third-order valence-corrected chi connectivity index (χ3v) is 2.44. The first-order valence-electron chi connectivity index (χ1n) is 4.89. The van der Waals surface area contributed by atoms with Gasteiger partial charge >= 0.3 is 0 Å². The summed E-state index contributed by atoms with van der Waals surface area (Å²) in [5.74, 6) is 0.144. The molecule has 1 aromatic carbocycles. The Morgan fingerprint density at radius 2 is 2.25 bits per heavy atom. The minimum atomic E-state index is -0.916. The van der Waals surface area contributed by atoms with Gasteiger partial charge in [0.15, 0.2) is 0 Å². The molecule has 0 radical (unpaired) electrons. The third kappa shape index (κ3) is 2.71. The quantitative estimate of drug-likeness (QED) is 0.848. The van der Waals surface area contributed by atoms with Crippen molar-refractivity contribution in [3.05, 3.63) is 29.6 Å². The first-order valence-corrected chi connectivity index (χ1v) is 4.89. The van der Waals surface area contributed by atoms with Crippen LogP contribution in [0.5, 0.6) is 5.75 Å². The standard InChI is InChI=1S/C12H14FNO2/c1-12(7-14,8-15)6-9-5-10(13)3-4-11(9)16-2/h3-5,15H,6,8H2,1-2H3. The normalized spacial score (nSPS) is 13.9. The maximum absolute atomic E-state index is 13.1. The molecule has 1 aromatic rings. The maximum Gasteiger partial charge on any atom is 0.123 e. The van der Waals surface area contributed by atoms with Gasteiger partial charge in [0.1, 0.15) is 11.6 Å². The highest BCUT2D eigenvalue weighted by atomic mass is 19.1. The van der Waals surface area contributed by atoms with Crippen LogP contribution in [0.1, 0.15) is 12.5 Å². The molecule has 0 spiro atoms. The number of ether oxygens (including phenoxy) is 1. The summed E-state index contributed by atoms with van der Waals surface area (Å²) in [6.45, 7) is 1.35. The van der Waals surface area contributed by atoms with E-state index in [1.165, 1.54) is 25.3 Å². The fourth-order valence-corrected chi connectivity index (χ4v) is 1.44. The Morgan fingerprint density at radius 1 is 1.56 bits per heavy atom. The molecule has 0 aliphatic heterocycles. The molecular weight excluding hydrogens is 209 g/mol. The fourth-order valence-electron chi connectivity index (χ4n) is 1.44. The molecule has 1 N–H and O–H groups in total. The van der Waals surface area contributed by atoms with Crippen molar-refractivity contribution in [2.75, 3.05) is 13.7 Å². The van der Waals surface area contributed by atoms with Crippen LogP contribution in [-0.4, -0.2) is 18.8 Å².